The Kier molecular flexibility index (Phi) is 5.53. The Bertz CT molecular complexity index is 984. The first-order chi connectivity index (χ1) is 13.1. The Morgan fingerprint density at radius 1 is 0.963 bits per heavy atom. The molecule has 0 heterocycles. The number of hydrogen-bond acceptors (Lipinski definition) is 4. The van der Waals surface area contributed by atoms with E-state index >= 15 is 0 Å². The largest absolute Gasteiger partial charge is 0.496 e. The molecule has 0 fully saturated rings. The van der Waals surface area contributed by atoms with E-state index in [1.54, 1.807) is 37.4 Å². The third-order valence-electron chi connectivity index (χ3n) is 4.28. The normalized spacial score (nSPS) is 10.1. The van der Waals surface area contributed by atoms with E-state index in [9.17, 15) is 4.79 Å². The van der Waals surface area contributed by atoms with Crippen LogP contribution in [0.1, 0.15) is 28.4 Å². The van der Waals surface area contributed by atoms with Crippen molar-refractivity contribution in [3.8, 4) is 28.7 Å². The van der Waals surface area contributed by atoms with E-state index in [4.69, 9.17) is 14.7 Å². The molecule has 0 saturated heterocycles. The number of ether oxygens (including phenoxy) is 2. The molecule has 3 aromatic rings. The van der Waals surface area contributed by atoms with Gasteiger partial charge < -0.3 is 9.47 Å². The summed E-state index contributed by atoms with van der Waals surface area (Å²) in [5.74, 6) is 1.42. The average molecular weight is 357 g/mol. The van der Waals surface area contributed by atoms with Crippen molar-refractivity contribution in [1.29, 1.82) is 5.26 Å². The fraction of sp³-hybridized carbons (Fsp3) is 0.130. The van der Waals surface area contributed by atoms with E-state index in [0.29, 0.717) is 23.5 Å². The fourth-order valence-corrected chi connectivity index (χ4v) is 2.75. The first kappa shape index (κ1) is 18.2. The summed E-state index contributed by atoms with van der Waals surface area (Å²) in [4.78, 5) is 11.6. The average Bonchev–Trinajstić information content (AvgIpc) is 2.72. The van der Waals surface area contributed by atoms with Crippen LogP contribution in [0.3, 0.4) is 0 Å². The number of Topliss-reactive ketones (excluding diaryl/α,β-unsaturated/α-hetero) is 1. The van der Waals surface area contributed by atoms with Gasteiger partial charge in [-0.05, 0) is 60.5 Å². The number of carbonyl (C=O) groups is 1. The molecule has 4 nitrogen and oxygen atoms in total. The lowest BCUT2D eigenvalue weighted by atomic mass is 10.0. The third kappa shape index (κ3) is 4.34. The molecule has 0 aliphatic rings. The minimum Gasteiger partial charge on any atom is -0.496 e. The fourth-order valence-electron chi connectivity index (χ4n) is 2.75. The zero-order valence-electron chi connectivity index (χ0n) is 15.2. The first-order valence-electron chi connectivity index (χ1n) is 8.52. The quantitative estimate of drug-likeness (QED) is 0.582. The van der Waals surface area contributed by atoms with Crippen molar-refractivity contribution in [2.24, 2.45) is 0 Å². The maximum Gasteiger partial charge on any atom is 0.159 e. The van der Waals surface area contributed by atoms with Crippen LogP contribution in [0.4, 0.5) is 0 Å². The molecule has 27 heavy (non-hydrogen) atoms. The standard InChI is InChI=1S/C23H19NO3/c1-16(25)20-9-12-23(26-2)21(13-20)15-27-22-10-7-19(8-11-22)18-5-3-17(14-24)4-6-18/h3-13H,15H2,1-2H3. The van der Waals surface area contributed by atoms with E-state index in [0.717, 1.165) is 22.4 Å². The number of methoxy groups -OCH3 is 1. The van der Waals surface area contributed by atoms with Gasteiger partial charge in [0.1, 0.15) is 18.1 Å². The summed E-state index contributed by atoms with van der Waals surface area (Å²) in [5.41, 5.74) is 4.17. The molecule has 0 bridgehead atoms. The first-order valence-corrected chi connectivity index (χ1v) is 8.52. The van der Waals surface area contributed by atoms with Gasteiger partial charge in [0.25, 0.3) is 0 Å². The number of benzene rings is 3. The minimum absolute atomic E-state index is 0.00525. The molecule has 0 N–H and O–H groups in total. The van der Waals surface area contributed by atoms with Crippen LogP contribution in [0.15, 0.2) is 66.7 Å². The predicted molar refractivity (Wildman–Crippen MR) is 104 cm³/mol. The van der Waals surface area contributed by atoms with E-state index in [-0.39, 0.29) is 5.78 Å². The summed E-state index contributed by atoms with van der Waals surface area (Å²) in [5, 5.41) is 8.88. The van der Waals surface area contributed by atoms with Gasteiger partial charge in [0.15, 0.2) is 5.78 Å². The van der Waals surface area contributed by atoms with Gasteiger partial charge in [-0.3, -0.25) is 4.79 Å². The monoisotopic (exact) mass is 357 g/mol. The molecule has 0 aliphatic heterocycles. The maximum atomic E-state index is 11.6. The molecule has 0 aliphatic carbocycles. The van der Waals surface area contributed by atoms with Crippen molar-refractivity contribution in [3.63, 3.8) is 0 Å². The summed E-state index contributed by atoms with van der Waals surface area (Å²) in [6, 6.07) is 22.6. The van der Waals surface area contributed by atoms with E-state index < -0.39 is 0 Å². The number of nitrogens with zero attached hydrogens (tertiary/aromatic N) is 1. The van der Waals surface area contributed by atoms with Crippen molar-refractivity contribution in [3.05, 3.63) is 83.4 Å². The summed E-state index contributed by atoms with van der Waals surface area (Å²) in [6.45, 7) is 1.84. The summed E-state index contributed by atoms with van der Waals surface area (Å²) in [6.07, 6.45) is 0. The zero-order valence-corrected chi connectivity index (χ0v) is 15.2. The minimum atomic E-state index is 0.00525. The predicted octanol–water partition coefficient (Wildman–Crippen LogP) is 5.02. The highest BCUT2D eigenvalue weighted by molar-refractivity contribution is 5.94. The molecule has 3 aromatic carbocycles. The molecule has 0 unspecified atom stereocenters. The van der Waals surface area contributed by atoms with Crippen molar-refractivity contribution in [1.82, 2.24) is 0 Å². The summed E-state index contributed by atoms with van der Waals surface area (Å²) < 4.78 is 11.2. The smallest absolute Gasteiger partial charge is 0.159 e. The molecule has 134 valence electrons. The molecule has 0 saturated carbocycles. The molecule has 0 amide bonds. The topological polar surface area (TPSA) is 59.3 Å². The van der Waals surface area contributed by atoms with Gasteiger partial charge in [-0.1, -0.05) is 24.3 Å². The lowest BCUT2D eigenvalue weighted by Gasteiger charge is -2.12. The summed E-state index contributed by atoms with van der Waals surface area (Å²) in [7, 11) is 1.60. The van der Waals surface area contributed by atoms with Gasteiger partial charge in [-0.15, -0.1) is 0 Å². The second kappa shape index (κ2) is 8.20. The molecule has 0 atom stereocenters. The Morgan fingerprint density at radius 2 is 1.59 bits per heavy atom. The van der Waals surface area contributed by atoms with Crippen LogP contribution < -0.4 is 9.47 Å². The zero-order chi connectivity index (χ0) is 19.2. The SMILES string of the molecule is COc1ccc(C(C)=O)cc1COc1ccc(-c2ccc(C#N)cc2)cc1. The van der Waals surface area contributed by atoms with Crippen molar-refractivity contribution in [2.75, 3.05) is 7.11 Å². The van der Waals surface area contributed by atoms with Crippen LogP contribution in [0.5, 0.6) is 11.5 Å². The van der Waals surface area contributed by atoms with Crippen molar-refractivity contribution in [2.45, 2.75) is 13.5 Å². The van der Waals surface area contributed by atoms with Crippen molar-refractivity contribution < 1.29 is 14.3 Å². The van der Waals surface area contributed by atoms with E-state index in [2.05, 4.69) is 6.07 Å². The van der Waals surface area contributed by atoms with E-state index in [1.165, 1.54) is 6.92 Å². The molecule has 0 aromatic heterocycles. The molecule has 0 radical (unpaired) electrons. The van der Waals surface area contributed by atoms with Gasteiger partial charge in [0.05, 0.1) is 18.7 Å². The van der Waals surface area contributed by atoms with E-state index in [1.807, 2.05) is 36.4 Å². The van der Waals surface area contributed by atoms with Crippen molar-refractivity contribution >= 4 is 5.78 Å². The third-order valence-corrected chi connectivity index (χ3v) is 4.28. The number of carbonyl (C=O) groups excluding carboxylic acids is 1. The van der Waals surface area contributed by atoms with Crippen LogP contribution in [0.2, 0.25) is 0 Å². The van der Waals surface area contributed by atoms with Crippen LogP contribution in [0.25, 0.3) is 11.1 Å². The van der Waals surface area contributed by atoms with Crippen LogP contribution in [-0.2, 0) is 6.61 Å². The molecule has 3 rings (SSSR count). The molecule has 4 heteroatoms. The highest BCUT2D eigenvalue weighted by atomic mass is 16.5. The maximum absolute atomic E-state index is 11.6. The number of ketones is 1. The Labute approximate surface area is 158 Å². The van der Waals surface area contributed by atoms with Gasteiger partial charge in [0.2, 0.25) is 0 Å². The highest BCUT2D eigenvalue weighted by Crippen LogP contribution is 2.25. The molecular weight excluding hydrogens is 338 g/mol. The molecular formula is C23H19NO3. The van der Waals surface area contributed by atoms with Gasteiger partial charge in [0, 0.05) is 11.1 Å². The van der Waals surface area contributed by atoms with Gasteiger partial charge >= 0.3 is 0 Å². The van der Waals surface area contributed by atoms with Gasteiger partial charge in [-0.25, -0.2) is 0 Å². The number of nitriles is 1. The van der Waals surface area contributed by atoms with Crippen LogP contribution in [-0.4, -0.2) is 12.9 Å². The van der Waals surface area contributed by atoms with Gasteiger partial charge in [-0.2, -0.15) is 5.26 Å². The lowest BCUT2D eigenvalue weighted by Crippen LogP contribution is -2.01. The number of hydrogen-bond donors (Lipinski definition) is 0. The highest BCUT2D eigenvalue weighted by Gasteiger charge is 2.08. The summed E-state index contributed by atoms with van der Waals surface area (Å²) >= 11 is 0. The Hall–Kier alpha value is -3.58. The van der Waals surface area contributed by atoms with Crippen LogP contribution >= 0.6 is 0 Å². The second-order valence-electron chi connectivity index (χ2n) is 6.09. The number of rotatable bonds is 6. The molecule has 0 spiro atoms. The second-order valence-corrected chi connectivity index (χ2v) is 6.09. The Balaban J connectivity index is 1.73. The lowest BCUT2D eigenvalue weighted by molar-refractivity contribution is 0.101. The Morgan fingerprint density at radius 3 is 2.15 bits per heavy atom. The van der Waals surface area contributed by atoms with Crippen LogP contribution in [0, 0.1) is 11.3 Å².